The Kier molecular flexibility index (Phi) is 7.58. The fraction of sp³-hybridized carbons (Fsp3) is 0.600. The van der Waals surface area contributed by atoms with Gasteiger partial charge in [-0.25, -0.2) is 4.98 Å². The average molecular weight is 328 g/mol. The van der Waals surface area contributed by atoms with Crippen LogP contribution in [0.2, 0.25) is 0 Å². The maximum absolute atomic E-state index is 11.4. The highest BCUT2D eigenvalue weighted by Gasteiger charge is 2.16. The molecule has 0 radical (unpaired) electrons. The Hall–Kier alpha value is -1.37. The molecule has 0 bridgehead atoms. The maximum atomic E-state index is 11.4. The topological polar surface area (TPSA) is 74.5 Å². The number of hydrogen-bond donors (Lipinski definition) is 2. The molecule has 1 fully saturated rings. The van der Waals surface area contributed by atoms with Crippen LogP contribution in [0.25, 0.3) is 0 Å². The monoisotopic (exact) mass is 327 g/mol. The number of carbonyl (C=O) groups is 1. The molecule has 1 aromatic heterocycles. The Morgan fingerprint density at radius 1 is 1.36 bits per heavy atom. The second-order valence-electron chi connectivity index (χ2n) is 5.45. The normalized spacial score (nSPS) is 16.8. The van der Waals surface area contributed by atoms with E-state index in [2.05, 4.69) is 27.0 Å². The van der Waals surface area contributed by atoms with Gasteiger partial charge in [0.15, 0.2) is 0 Å². The minimum absolute atomic E-state index is 0. The number of hydrogen-bond acceptors (Lipinski definition) is 5. The molecule has 0 spiro atoms. The molecule has 0 saturated carbocycles. The Labute approximate surface area is 138 Å². The van der Waals surface area contributed by atoms with E-state index in [1.54, 1.807) is 6.92 Å². The predicted molar refractivity (Wildman–Crippen MR) is 91.3 cm³/mol. The van der Waals surface area contributed by atoms with E-state index >= 15 is 0 Å². The Morgan fingerprint density at radius 3 is 2.55 bits per heavy atom. The fourth-order valence-corrected chi connectivity index (χ4v) is 2.35. The number of nitrogens with zero attached hydrogens (tertiary/aromatic N) is 3. The molecule has 0 aliphatic carbocycles. The van der Waals surface area contributed by atoms with E-state index in [0.29, 0.717) is 6.54 Å². The molecule has 22 heavy (non-hydrogen) atoms. The number of anilines is 1. The van der Waals surface area contributed by atoms with E-state index < -0.39 is 6.04 Å². The Morgan fingerprint density at radius 2 is 2.05 bits per heavy atom. The summed E-state index contributed by atoms with van der Waals surface area (Å²) in [7, 11) is 0. The highest BCUT2D eigenvalue weighted by molar-refractivity contribution is 5.85. The van der Waals surface area contributed by atoms with Crippen LogP contribution in [0.4, 0.5) is 5.82 Å². The van der Waals surface area contributed by atoms with Crippen LogP contribution in [0.1, 0.15) is 19.4 Å². The van der Waals surface area contributed by atoms with Gasteiger partial charge >= 0.3 is 0 Å². The molecule has 124 valence electrons. The van der Waals surface area contributed by atoms with E-state index in [9.17, 15) is 4.79 Å². The van der Waals surface area contributed by atoms with Crippen molar-refractivity contribution in [1.29, 1.82) is 0 Å². The first kappa shape index (κ1) is 18.7. The molecule has 1 aliphatic heterocycles. The van der Waals surface area contributed by atoms with Gasteiger partial charge in [0, 0.05) is 38.9 Å². The maximum Gasteiger partial charge on any atom is 0.236 e. The summed E-state index contributed by atoms with van der Waals surface area (Å²) in [6.45, 7) is 9.65. The van der Waals surface area contributed by atoms with Gasteiger partial charge in [0.1, 0.15) is 5.82 Å². The van der Waals surface area contributed by atoms with E-state index in [1.807, 2.05) is 18.3 Å². The van der Waals surface area contributed by atoms with Crippen LogP contribution in [-0.4, -0.2) is 54.6 Å². The van der Waals surface area contributed by atoms with Gasteiger partial charge in [-0.2, -0.15) is 0 Å². The van der Waals surface area contributed by atoms with Gasteiger partial charge in [-0.1, -0.05) is 13.0 Å². The Bertz CT molecular complexity index is 458. The van der Waals surface area contributed by atoms with Crippen LogP contribution in [0.5, 0.6) is 0 Å². The molecule has 1 unspecified atom stereocenters. The largest absolute Gasteiger partial charge is 0.354 e. The molecule has 1 aliphatic rings. The summed E-state index contributed by atoms with van der Waals surface area (Å²) in [6, 6.07) is 3.55. The standard InChI is InChI=1S/C15H25N5O.ClH/c1-3-19-6-8-20(9-7-19)14-5-4-13(10-17-14)11-18-15(21)12(2)16;/h4-5,10,12H,3,6-9,11,16H2,1-2H3,(H,18,21);1H. The van der Waals surface area contributed by atoms with Gasteiger partial charge in [0.25, 0.3) is 0 Å². The van der Waals surface area contributed by atoms with E-state index in [1.165, 1.54) is 0 Å². The van der Waals surface area contributed by atoms with E-state index in [0.717, 1.165) is 44.1 Å². The zero-order valence-electron chi connectivity index (χ0n) is 13.3. The van der Waals surface area contributed by atoms with E-state index in [4.69, 9.17) is 5.73 Å². The van der Waals surface area contributed by atoms with Crippen LogP contribution >= 0.6 is 12.4 Å². The van der Waals surface area contributed by atoms with Crippen molar-refractivity contribution in [3.05, 3.63) is 23.9 Å². The van der Waals surface area contributed by atoms with Crippen molar-refractivity contribution in [3.8, 4) is 0 Å². The number of nitrogens with two attached hydrogens (primary N) is 1. The lowest BCUT2D eigenvalue weighted by molar-refractivity contribution is -0.122. The van der Waals surface area contributed by atoms with Crippen molar-refractivity contribution >= 4 is 24.1 Å². The molecule has 2 heterocycles. The summed E-state index contributed by atoms with van der Waals surface area (Å²) in [5.74, 6) is 0.864. The van der Waals surface area contributed by atoms with E-state index in [-0.39, 0.29) is 18.3 Å². The van der Waals surface area contributed by atoms with Crippen LogP contribution in [-0.2, 0) is 11.3 Å². The molecule has 0 aromatic carbocycles. The fourth-order valence-electron chi connectivity index (χ4n) is 2.35. The Balaban J connectivity index is 0.00000242. The number of pyridine rings is 1. The zero-order chi connectivity index (χ0) is 15.2. The number of amides is 1. The quantitative estimate of drug-likeness (QED) is 0.829. The first-order valence-corrected chi connectivity index (χ1v) is 7.55. The van der Waals surface area contributed by atoms with Crippen molar-refractivity contribution in [2.24, 2.45) is 5.73 Å². The van der Waals surface area contributed by atoms with Crippen molar-refractivity contribution in [2.75, 3.05) is 37.6 Å². The van der Waals surface area contributed by atoms with Gasteiger partial charge in [-0.15, -0.1) is 12.4 Å². The number of likely N-dealkylation sites (N-methyl/N-ethyl adjacent to an activating group) is 1. The molecular weight excluding hydrogens is 302 g/mol. The predicted octanol–water partition coefficient (Wildman–Crippen LogP) is 0.609. The zero-order valence-corrected chi connectivity index (χ0v) is 14.1. The van der Waals surface area contributed by atoms with Crippen molar-refractivity contribution in [2.45, 2.75) is 26.4 Å². The van der Waals surface area contributed by atoms with Gasteiger partial charge < -0.3 is 20.9 Å². The first-order valence-electron chi connectivity index (χ1n) is 7.55. The molecular formula is C15H26ClN5O. The lowest BCUT2D eigenvalue weighted by Gasteiger charge is -2.34. The van der Waals surface area contributed by atoms with Gasteiger partial charge in [-0.3, -0.25) is 4.79 Å². The highest BCUT2D eigenvalue weighted by atomic mass is 35.5. The summed E-state index contributed by atoms with van der Waals surface area (Å²) in [4.78, 5) is 20.7. The van der Waals surface area contributed by atoms with Crippen molar-refractivity contribution < 1.29 is 4.79 Å². The molecule has 2 rings (SSSR count). The number of halogens is 1. The summed E-state index contributed by atoms with van der Waals surface area (Å²) in [5.41, 5.74) is 6.49. The molecule has 1 atom stereocenters. The van der Waals surface area contributed by atoms with Crippen LogP contribution < -0.4 is 16.0 Å². The molecule has 3 N–H and O–H groups in total. The van der Waals surface area contributed by atoms with Gasteiger partial charge in [0.2, 0.25) is 5.91 Å². The van der Waals surface area contributed by atoms with Gasteiger partial charge in [0.05, 0.1) is 6.04 Å². The summed E-state index contributed by atoms with van der Waals surface area (Å²) < 4.78 is 0. The molecule has 1 amide bonds. The second-order valence-corrected chi connectivity index (χ2v) is 5.45. The lowest BCUT2D eigenvalue weighted by atomic mass is 10.2. The molecule has 7 heteroatoms. The molecule has 1 saturated heterocycles. The highest BCUT2D eigenvalue weighted by Crippen LogP contribution is 2.13. The van der Waals surface area contributed by atoms with Crippen LogP contribution in [0, 0.1) is 0 Å². The average Bonchev–Trinajstić information content (AvgIpc) is 2.53. The third-order valence-corrected chi connectivity index (χ3v) is 3.83. The summed E-state index contributed by atoms with van der Waals surface area (Å²) >= 11 is 0. The third kappa shape index (κ3) is 5.12. The minimum atomic E-state index is -0.480. The second kappa shape index (κ2) is 8.92. The smallest absolute Gasteiger partial charge is 0.236 e. The third-order valence-electron chi connectivity index (χ3n) is 3.83. The lowest BCUT2D eigenvalue weighted by Crippen LogP contribution is -2.46. The number of carbonyl (C=O) groups excluding carboxylic acids is 1. The van der Waals surface area contributed by atoms with Crippen molar-refractivity contribution in [1.82, 2.24) is 15.2 Å². The van der Waals surface area contributed by atoms with Crippen LogP contribution in [0.15, 0.2) is 18.3 Å². The number of aromatic nitrogens is 1. The number of rotatable bonds is 5. The minimum Gasteiger partial charge on any atom is -0.354 e. The summed E-state index contributed by atoms with van der Waals surface area (Å²) in [5, 5.41) is 2.79. The SMILES string of the molecule is CCN1CCN(c2ccc(CNC(=O)C(C)N)cn2)CC1.Cl. The first-order chi connectivity index (χ1) is 10.1. The number of nitrogens with one attached hydrogen (secondary N) is 1. The summed E-state index contributed by atoms with van der Waals surface area (Å²) in [6.07, 6.45) is 1.82. The molecule has 6 nitrogen and oxygen atoms in total. The number of piperazine rings is 1. The van der Waals surface area contributed by atoms with Gasteiger partial charge in [-0.05, 0) is 25.1 Å². The van der Waals surface area contributed by atoms with Crippen molar-refractivity contribution in [3.63, 3.8) is 0 Å². The van der Waals surface area contributed by atoms with Crippen LogP contribution in [0.3, 0.4) is 0 Å². The molecule has 1 aromatic rings.